The van der Waals surface area contributed by atoms with Crippen LogP contribution in [0, 0.1) is 5.82 Å². The molecule has 7 heteroatoms. The summed E-state index contributed by atoms with van der Waals surface area (Å²) in [5.41, 5.74) is 4.13. The van der Waals surface area contributed by atoms with E-state index in [0.717, 1.165) is 27.4 Å². The van der Waals surface area contributed by atoms with Gasteiger partial charge in [0, 0.05) is 28.4 Å². The third kappa shape index (κ3) is 4.40. The van der Waals surface area contributed by atoms with Crippen molar-refractivity contribution >= 4 is 27.7 Å². The Balaban J connectivity index is 1.57. The first-order chi connectivity index (χ1) is 17.1. The number of aromatic amines is 1. The molecule has 0 aliphatic rings. The average molecular weight is 470 g/mol. The molecule has 0 unspecified atom stereocenters. The van der Waals surface area contributed by atoms with E-state index in [1.807, 2.05) is 48.5 Å². The number of para-hydroxylation sites is 1. The van der Waals surface area contributed by atoms with Crippen LogP contribution in [0.4, 0.5) is 4.39 Å². The first-order valence-corrected chi connectivity index (χ1v) is 11.2. The van der Waals surface area contributed by atoms with Crippen molar-refractivity contribution in [2.45, 2.75) is 6.42 Å². The van der Waals surface area contributed by atoms with Gasteiger partial charge in [0.15, 0.2) is 0 Å². The van der Waals surface area contributed by atoms with Crippen molar-refractivity contribution in [1.82, 2.24) is 15.3 Å². The van der Waals surface area contributed by atoms with Gasteiger partial charge in [0.05, 0.1) is 25.4 Å². The number of nitrogens with zero attached hydrogens (tertiary/aromatic N) is 1. The molecule has 5 aromatic rings. The van der Waals surface area contributed by atoms with Gasteiger partial charge in [0.25, 0.3) is 5.91 Å². The highest BCUT2D eigenvalue weighted by Gasteiger charge is 2.20. The molecule has 0 saturated heterocycles. The summed E-state index contributed by atoms with van der Waals surface area (Å²) in [5.74, 6) is 0.660. The fourth-order valence-corrected chi connectivity index (χ4v) is 4.26. The number of fused-ring (bicyclic) bond motifs is 3. The zero-order valence-electron chi connectivity index (χ0n) is 19.4. The van der Waals surface area contributed by atoms with Crippen molar-refractivity contribution in [3.05, 3.63) is 89.9 Å². The number of amides is 1. The van der Waals surface area contributed by atoms with Crippen LogP contribution in [0.15, 0.2) is 72.8 Å². The van der Waals surface area contributed by atoms with Gasteiger partial charge in [-0.25, -0.2) is 9.37 Å². The molecule has 2 heterocycles. The number of rotatable bonds is 7. The Bertz CT molecular complexity index is 1540. The average Bonchev–Trinajstić information content (AvgIpc) is 3.26. The zero-order chi connectivity index (χ0) is 24.4. The molecule has 0 spiro atoms. The Morgan fingerprint density at radius 2 is 1.83 bits per heavy atom. The van der Waals surface area contributed by atoms with Gasteiger partial charge in [-0.05, 0) is 54.4 Å². The second-order valence-corrected chi connectivity index (χ2v) is 8.15. The molecule has 0 fully saturated rings. The third-order valence-corrected chi connectivity index (χ3v) is 5.98. The lowest BCUT2D eigenvalue weighted by atomic mass is 10.0. The van der Waals surface area contributed by atoms with Gasteiger partial charge in [-0.15, -0.1) is 0 Å². The molecule has 2 aromatic heterocycles. The topological polar surface area (TPSA) is 76.2 Å². The van der Waals surface area contributed by atoms with Crippen molar-refractivity contribution in [2.24, 2.45) is 0 Å². The van der Waals surface area contributed by atoms with Gasteiger partial charge < -0.3 is 19.8 Å². The smallest absolute Gasteiger partial charge is 0.269 e. The molecule has 35 heavy (non-hydrogen) atoms. The van der Waals surface area contributed by atoms with Gasteiger partial charge in [0.2, 0.25) is 0 Å². The van der Waals surface area contributed by atoms with Gasteiger partial charge in [-0.2, -0.15) is 0 Å². The van der Waals surface area contributed by atoms with Crippen LogP contribution in [0.5, 0.6) is 11.5 Å². The van der Waals surface area contributed by atoms with E-state index >= 15 is 0 Å². The maximum Gasteiger partial charge on any atom is 0.269 e. The normalized spacial score (nSPS) is 11.1. The number of carbonyl (C=O) groups excluding carboxylic acids is 1. The molecule has 0 aliphatic heterocycles. The summed E-state index contributed by atoms with van der Waals surface area (Å²) < 4.78 is 24.5. The summed E-state index contributed by atoms with van der Waals surface area (Å²) >= 11 is 0. The lowest BCUT2D eigenvalue weighted by molar-refractivity contribution is 0.0949. The van der Waals surface area contributed by atoms with E-state index in [2.05, 4.69) is 10.3 Å². The standard InChI is InChI=1S/C28H24FN3O3/c1-34-19-10-11-25(35-2)22(15-19)27-26-21(20-8-3-4-9-23(20)31-26)16-24(32-27)28(33)30-13-12-17-6-5-7-18(29)14-17/h3-11,14-16,31H,12-13H2,1-2H3,(H,30,33). The van der Waals surface area contributed by atoms with Crippen LogP contribution < -0.4 is 14.8 Å². The summed E-state index contributed by atoms with van der Waals surface area (Å²) in [6, 6.07) is 21.5. The van der Waals surface area contributed by atoms with Gasteiger partial charge in [-0.3, -0.25) is 4.79 Å². The number of hydrogen-bond donors (Lipinski definition) is 2. The molecule has 2 N–H and O–H groups in total. The molecule has 176 valence electrons. The second kappa shape index (κ2) is 9.46. The predicted molar refractivity (Wildman–Crippen MR) is 135 cm³/mol. The number of H-pyrrole nitrogens is 1. The van der Waals surface area contributed by atoms with Crippen LogP contribution in [0.25, 0.3) is 33.1 Å². The van der Waals surface area contributed by atoms with E-state index < -0.39 is 0 Å². The number of methoxy groups -OCH3 is 2. The van der Waals surface area contributed by atoms with Crippen molar-refractivity contribution in [2.75, 3.05) is 20.8 Å². The molecule has 0 aliphatic carbocycles. The minimum Gasteiger partial charge on any atom is -0.497 e. The minimum absolute atomic E-state index is 0.279. The largest absolute Gasteiger partial charge is 0.497 e. The highest BCUT2D eigenvalue weighted by Crippen LogP contribution is 2.38. The van der Waals surface area contributed by atoms with Crippen LogP contribution in [-0.4, -0.2) is 36.6 Å². The zero-order valence-corrected chi connectivity index (χ0v) is 19.4. The molecular weight excluding hydrogens is 445 g/mol. The van der Waals surface area contributed by atoms with Crippen molar-refractivity contribution < 1.29 is 18.7 Å². The van der Waals surface area contributed by atoms with Crippen LogP contribution in [0.2, 0.25) is 0 Å². The second-order valence-electron chi connectivity index (χ2n) is 8.15. The Kier molecular flexibility index (Phi) is 6.06. The SMILES string of the molecule is COc1ccc(OC)c(-c2nc(C(=O)NCCc3cccc(F)c3)cc3c2[nH]c2ccccc23)c1. The molecular formula is C28H24FN3O3. The highest BCUT2D eigenvalue weighted by atomic mass is 19.1. The number of hydrogen-bond acceptors (Lipinski definition) is 4. The fourth-order valence-electron chi connectivity index (χ4n) is 4.26. The number of ether oxygens (including phenoxy) is 2. The van der Waals surface area contributed by atoms with Crippen LogP contribution >= 0.6 is 0 Å². The molecule has 0 bridgehead atoms. The predicted octanol–water partition coefficient (Wildman–Crippen LogP) is 5.51. The highest BCUT2D eigenvalue weighted by molar-refractivity contribution is 6.13. The van der Waals surface area contributed by atoms with Crippen molar-refractivity contribution in [3.8, 4) is 22.8 Å². The summed E-state index contributed by atoms with van der Waals surface area (Å²) in [6.45, 7) is 0.355. The van der Waals surface area contributed by atoms with Crippen LogP contribution in [-0.2, 0) is 6.42 Å². The van der Waals surface area contributed by atoms with E-state index in [1.54, 1.807) is 26.4 Å². The van der Waals surface area contributed by atoms with Crippen LogP contribution in [0.3, 0.4) is 0 Å². The van der Waals surface area contributed by atoms with Crippen molar-refractivity contribution in [3.63, 3.8) is 0 Å². The van der Waals surface area contributed by atoms with E-state index in [1.165, 1.54) is 12.1 Å². The Morgan fingerprint density at radius 3 is 2.63 bits per heavy atom. The van der Waals surface area contributed by atoms with Gasteiger partial charge >= 0.3 is 0 Å². The first-order valence-electron chi connectivity index (χ1n) is 11.2. The van der Waals surface area contributed by atoms with Gasteiger partial charge in [0.1, 0.15) is 23.0 Å². The molecule has 1 amide bonds. The summed E-state index contributed by atoms with van der Waals surface area (Å²) in [4.78, 5) is 21.3. The Hall–Kier alpha value is -4.39. The number of halogens is 1. The number of carbonyl (C=O) groups is 1. The quantitative estimate of drug-likeness (QED) is 0.330. The molecule has 5 rings (SSSR count). The molecule has 0 saturated carbocycles. The number of nitrogens with one attached hydrogen (secondary N) is 2. The van der Waals surface area contributed by atoms with E-state index in [0.29, 0.717) is 35.7 Å². The maximum absolute atomic E-state index is 13.5. The van der Waals surface area contributed by atoms with Crippen molar-refractivity contribution in [1.29, 1.82) is 0 Å². The summed E-state index contributed by atoms with van der Waals surface area (Å²) in [7, 11) is 3.19. The molecule has 0 radical (unpaired) electrons. The molecule has 0 atom stereocenters. The fraction of sp³-hybridized carbons (Fsp3) is 0.143. The van der Waals surface area contributed by atoms with Crippen LogP contribution in [0.1, 0.15) is 16.1 Å². The lowest BCUT2D eigenvalue weighted by Crippen LogP contribution is -2.26. The molecule has 6 nitrogen and oxygen atoms in total. The number of benzene rings is 3. The van der Waals surface area contributed by atoms with E-state index in [4.69, 9.17) is 14.5 Å². The lowest BCUT2D eigenvalue weighted by Gasteiger charge is -2.13. The van der Waals surface area contributed by atoms with Gasteiger partial charge in [-0.1, -0.05) is 30.3 Å². The minimum atomic E-state index is -0.309. The monoisotopic (exact) mass is 469 g/mol. The summed E-state index contributed by atoms with van der Waals surface area (Å²) in [5, 5.41) is 4.78. The van der Waals surface area contributed by atoms with E-state index in [-0.39, 0.29) is 17.4 Å². The summed E-state index contributed by atoms with van der Waals surface area (Å²) in [6.07, 6.45) is 0.509. The maximum atomic E-state index is 13.5. The van der Waals surface area contributed by atoms with E-state index in [9.17, 15) is 9.18 Å². The first kappa shape index (κ1) is 22.4. The number of aromatic nitrogens is 2. The Morgan fingerprint density at radius 1 is 0.971 bits per heavy atom. The third-order valence-electron chi connectivity index (χ3n) is 5.98. The number of pyridine rings is 1. The Labute approximate surface area is 201 Å². The molecule has 3 aromatic carbocycles.